The predicted molar refractivity (Wildman–Crippen MR) is 105 cm³/mol. The lowest BCUT2D eigenvalue weighted by atomic mass is 10.0. The summed E-state index contributed by atoms with van der Waals surface area (Å²) in [4.78, 5) is 4.58. The van der Waals surface area contributed by atoms with Gasteiger partial charge in [-0.1, -0.05) is 37.3 Å². The summed E-state index contributed by atoms with van der Waals surface area (Å²) in [7, 11) is -3.49. The van der Waals surface area contributed by atoms with E-state index in [1.165, 1.54) is 0 Å². The van der Waals surface area contributed by atoms with Gasteiger partial charge in [-0.15, -0.1) is 0 Å². The van der Waals surface area contributed by atoms with Crippen LogP contribution < -0.4 is 20.5 Å². The molecule has 144 valence electrons. The summed E-state index contributed by atoms with van der Waals surface area (Å²) in [6.45, 7) is 2.99. The Balaban J connectivity index is 1.68. The molecule has 1 unspecified atom stereocenters. The zero-order chi connectivity index (χ0) is 19.3. The number of benzene rings is 2. The summed E-state index contributed by atoms with van der Waals surface area (Å²) in [5.41, 5.74) is 7.87. The van der Waals surface area contributed by atoms with E-state index in [4.69, 9.17) is 10.5 Å². The Bertz CT molecular complexity index is 928. The average Bonchev–Trinajstić information content (AvgIpc) is 2.67. The Labute approximate surface area is 159 Å². The fraction of sp³-hybridized carbons (Fsp3) is 0.316. The molecule has 0 bridgehead atoms. The van der Waals surface area contributed by atoms with Crippen LogP contribution in [0.2, 0.25) is 0 Å². The number of ether oxygens (including phenoxy) is 1. The Morgan fingerprint density at radius 3 is 2.89 bits per heavy atom. The lowest BCUT2D eigenvalue weighted by Gasteiger charge is -2.26. The van der Waals surface area contributed by atoms with Gasteiger partial charge in [0, 0.05) is 18.5 Å². The van der Waals surface area contributed by atoms with Crippen LogP contribution in [0.4, 0.5) is 0 Å². The summed E-state index contributed by atoms with van der Waals surface area (Å²) >= 11 is 0. The molecule has 2 aromatic rings. The smallest absolute Gasteiger partial charge is 0.240 e. The normalized spacial score (nSPS) is 17.1. The number of aliphatic imine (C=N–C) groups is 1. The van der Waals surface area contributed by atoms with Crippen molar-refractivity contribution >= 4 is 16.0 Å². The van der Waals surface area contributed by atoms with Crippen molar-refractivity contribution in [2.45, 2.75) is 30.8 Å². The van der Waals surface area contributed by atoms with Crippen LogP contribution in [0.5, 0.6) is 5.75 Å². The lowest BCUT2D eigenvalue weighted by molar-refractivity contribution is 0.262. The third-order valence-electron chi connectivity index (χ3n) is 4.26. The Morgan fingerprint density at radius 2 is 2.07 bits per heavy atom. The van der Waals surface area contributed by atoms with Crippen LogP contribution in [0.15, 0.2) is 58.4 Å². The first-order valence-corrected chi connectivity index (χ1v) is 10.3. The van der Waals surface area contributed by atoms with Crippen molar-refractivity contribution in [1.82, 2.24) is 10.0 Å². The molecule has 0 saturated carbocycles. The van der Waals surface area contributed by atoms with E-state index in [0.717, 1.165) is 23.3 Å². The quantitative estimate of drug-likeness (QED) is 0.518. The van der Waals surface area contributed by atoms with Crippen molar-refractivity contribution < 1.29 is 13.2 Å². The van der Waals surface area contributed by atoms with Crippen molar-refractivity contribution in [3.8, 4) is 5.75 Å². The number of nitrogens with one attached hydrogen (secondary N) is 2. The first-order valence-electron chi connectivity index (χ1n) is 8.86. The van der Waals surface area contributed by atoms with Crippen molar-refractivity contribution in [1.29, 1.82) is 0 Å². The SMILES string of the molecule is CCNS(=O)(=O)c1cccc(CN=C(N)NC2CCOc3ccccc32)c1. The Kier molecular flexibility index (Phi) is 5.98. The van der Waals surface area contributed by atoms with Gasteiger partial charge in [-0.3, -0.25) is 0 Å². The first-order chi connectivity index (χ1) is 13.0. The molecule has 4 N–H and O–H groups in total. The molecule has 2 aromatic carbocycles. The van der Waals surface area contributed by atoms with Gasteiger partial charge in [0.1, 0.15) is 5.75 Å². The van der Waals surface area contributed by atoms with Crippen molar-refractivity contribution in [2.24, 2.45) is 10.7 Å². The summed E-state index contributed by atoms with van der Waals surface area (Å²) in [6, 6.07) is 14.6. The number of nitrogens with zero attached hydrogens (tertiary/aromatic N) is 1. The maximum absolute atomic E-state index is 12.1. The largest absolute Gasteiger partial charge is 0.493 e. The van der Waals surface area contributed by atoms with E-state index in [0.29, 0.717) is 25.7 Å². The van der Waals surface area contributed by atoms with Crippen LogP contribution in [0.3, 0.4) is 0 Å². The molecule has 0 radical (unpaired) electrons. The molecule has 0 saturated heterocycles. The topological polar surface area (TPSA) is 106 Å². The maximum Gasteiger partial charge on any atom is 0.240 e. The number of rotatable bonds is 6. The second-order valence-electron chi connectivity index (χ2n) is 6.22. The molecule has 27 heavy (non-hydrogen) atoms. The third-order valence-corrected chi connectivity index (χ3v) is 5.80. The fourth-order valence-corrected chi connectivity index (χ4v) is 4.09. The number of sulfonamides is 1. The highest BCUT2D eigenvalue weighted by atomic mass is 32.2. The molecule has 8 heteroatoms. The highest BCUT2D eigenvalue weighted by molar-refractivity contribution is 7.89. The van der Waals surface area contributed by atoms with Gasteiger partial charge >= 0.3 is 0 Å². The van der Waals surface area contributed by atoms with Gasteiger partial charge in [0.05, 0.1) is 24.1 Å². The highest BCUT2D eigenvalue weighted by Crippen LogP contribution is 2.31. The summed E-state index contributed by atoms with van der Waals surface area (Å²) in [6.07, 6.45) is 0.795. The van der Waals surface area contributed by atoms with E-state index in [9.17, 15) is 8.42 Å². The second kappa shape index (κ2) is 8.41. The van der Waals surface area contributed by atoms with Crippen molar-refractivity contribution in [3.63, 3.8) is 0 Å². The number of hydrogen-bond acceptors (Lipinski definition) is 4. The number of para-hydroxylation sites is 1. The average molecular weight is 388 g/mol. The zero-order valence-corrected chi connectivity index (χ0v) is 16.0. The molecule has 1 aliphatic rings. The monoisotopic (exact) mass is 388 g/mol. The maximum atomic E-state index is 12.1. The molecular formula is C19H24N4O3S. The summed E-state index contributed by atoms with van der Waals surface area (Å²) in [5.74, 6) is 1.17. The van der Waals surface area contributed by atoms with Crippen molar-refractivity contribution in [2.75, 3.05) is 13.2 Å². The molecule has 0 spiro atoms. The van der Waals surface area contributed by atoms with Gasteiger partial charge in [0.25, 0.3) is 0 Å². The highest BCUT2D eigenvalue weighted by Gasteiger charge is 2.21. The van der Waals surface area contributed by atoms with Crippen molar-refractivity contribution in [3.05, 3.63) is 59.7 Å². The van der Waals surface area contributed by atoms with Gasteiger partial charge in [0.15, 0.2) is 5.96 Å². The van der Waals surface area contributed by atoms with E-state index in [-0.39, 0.29) is 10.9 Å². The van der Waals surface area contributed by atoms with E-state index in [1.807, 2.05) is 30.3 Å². The van der Waals surface area contributed by atoms with Crippen LogP contribution in [-0.2, 0) is 16.6 Å². The summed E-state index contributed by atoms with van der Waals surface area (Å²) < 4.78 is 32.3. The van der Waals surface area contributed by atoms with Gasteiger partial charge in [-0.2, -0.15) is 0 Å². The minimum absolute atomic E-state index is 0.0409. The van der Waals surface area contributed by atoms with Crippen LogP contribution in [0, 0.1) is 0 Å². The van der Waals surface area contributed by atoms with Crippen LogP contribution in [-0.4, -0.2) is 27.5 Å². The number of fused-ring (bicyclic) bond motifs is 1. The van der Waals surface area contributed by atoms with E-state index in [2.05, 4.69) is 15.0 Å². The molecule has 1 heterocycles. The molecular weight excluding hydrogens is 364 g/mol. The molecule has 3 rings (SSSR count). The summed E-state index contributed by atoms with van der Waals surface area (Å²) in [5, 5.41) is 3.23. The number of nitrogens with two attached hydrogens (primary N) is 1. The Morgan fingerprint density at radius 1 is 1.26 bits per heavy atom. The first kappa shape index (κ1) is 19.2. The van der Waals surface area contributed by atoms with Gasteiger partial charge < -0.3 is 15.8 Å². The minimum atomic E-state index is -3.49. The number of guanidine groups is 1. The standard InChI is InChI=1S/C19H24N4O3S/c1-2-22-27(24,25)15-7-5-6-14(12-15)13-21-19(20)23-17-10-11-26-18-9-4-3-8-16(17)18/h3-9,12,17,22H,2,10-11,13H2,1H3,(H3,20,21,23). The minimum Gasteiger partial charge on any atom is -0.493 e. The number of hydrogen-bond donors (Lipinski definition) is 3. The van der Waals surface area contributed by atoms with Gasteiger partial charge in [-0.25, -0.2) is 18.1 Å². The van der Waals surface area contributed by atoms with E-state index in [1.54, 1.807) is 25.1 Å². The zero-order valence-electron chi connectivity index (χ0n) is 15.2. The van der Waals surface area contributed by atoms with E-state index < -0.39 is 10.0 Å². The predicted octanol–water partition coefficient (Wildman–Crippen LogP) is 1.91. The fourth-order valence-electron chi connectivity index (χ4n) is 2.98. The lowest BCUT2D eigenvalue weighted by Crippen LogP contribution is -2.37. The molecule has 0 amide bonds. The molecule has 0 aliphatic carbocycles. The molecule has 1 atom stereocenters. The van der Waals surface area contributed by atoms with E-state index >= 15 is 0 Å². The van der Waals surface area contributed by atoms with Gasteiger partial charge in [-0.05, 0) is 23.8 Å². The molecule has 0 aromatic heterocycles. The third kappa shape index (κ3) is 4.78. The van der Waals surface area contributed by atoms with Crippen LogP contribution in [0.25, 0.3) is 0 Å². The molecule has 7 nitrogen and oxygen atoms in total. The molecule has 1 aliphatic heterocycles. The van der Waals surface area contributed by atoms with Crippen LogP contribution >= 0.6 is 0 Å². The second-order valence-corrected chi connectivity index (χ2v) is 7.99. The molecule has 0 fully saturated rings. The van der Waals surface area contributed by atoms with Gasteiger partial charge in [0.2, 0.25) is 10.0 Å². The van der Waals surface area contributed by atoms with Crippen LogP contribution in [0.1, 0.15) is 30.5 Å². The Hall–Kier alpha value is -2.58.